The van der Waals surface area contributed by atoms with E-state index in [1.165, 1.54) is 25.7 Å². The highest BCUT2D eigenvalue weighted by Gasteiger charge is 2.26. The highest BCUT2D eigenvalue weighted by Crippen LogP contribution is 2.23. The van der Waals surface area contributed by atoms with Gasteiger partial charge < -0.3 is 0 Å². The van der Waals surface area contributed by atoms with Gasteiger partial charge in [-0.2, -0.15) is 0 Å². The Bertz CT molecular complexity index is 283. The van der Waals surface area contributed by atoms with Crippen molar-refractivity contribution in [1.82, 2.24) is 9.62 Å². The molecule has 0 spiro atoms. The Morgan fingerprint density at radius 1 is 1.14 bits per heavy atom. The Kier molecular flexibility index (Phi) is 3.09. The third-order valence-electron chi connectivity index (χ3n) is 3.21. The van der Waals surface area contributed by atoms with Crippen LogP contribution in [0.5, 0.6) is 0 Å². The molecule has 1 aliphatic carbocycles. The van der Waals surface area contributed by atoms with Crippen LogP contribution in [0.2, 0.25) is 0 Å². The van der Waals surface area contributed by atoms with Crippen LogP contribution in [0.15, 0.2) is 0 Å². The molecule has 2 rings (SSSR count). The van der Waals surface area contributed by atoms with Crippen molar-refractivity contribution in [3.63, 3.8) is 0 Å². The first kappa shape index (κ1) is 10.4. The molecule has 0 amide bonds. The third-order valence-corrected chi connectivity index (χ3v) is 4.57. The summed E-state index contributed by atoms with van der Waals surface area (Å²) in [4.78, 5) is 2.34. The molecule has 0 aromatic carbocycles. The molecule has 0 radical (unpaired) electrons. The Balaban J connectivity index is 1.94. The van der Waals surface area contributed by atoms with Gasteiger partial charge in [-0.1, -0.05) is 12.8 Å². The SMILES string of the molecule is O=S1(=O)CCN(C2CCCC2)CCN1. The molecule has 14 heavy (non-hydrogen) atoms. The zero-order chi connectivity index (χ0) is 10.0. The van der Waals surface area contributed by atoms with Gasteiger partial charge in [-0.3, -0.25) is 4.90 Å². The Morgan fingerprint density at radius 3 is 2.57 bits per heavy atom. The molecular weight excluding hydrogens is 200 g/mol. The van der Waals surface area contributed by atoms with E-state index in [0.29, 0.717) is 19.1 Å². The second kappa shape index (κ2) is 4.16. The van der Waals surface area contributed by atoms with E-state index < -0.39 is 10.0 Å². The van der Waals surface area contributed by atoms with Gasteiger partial charge in [-0.25, -0.2) is 13.1 Å². The van der Waals surface area contributed by atoms with Crippen molar-refractivity contribution in [3.8, 4) is 0 Å². The summed E-state index contributed by atoms with van der Waals surface area (Å²) in [6.45, 7) is 2.17. The monoisotopic (exact) mass is 218 g/mol. The normalized spacial score (nSPS) is 30.3. The molecule has 0 unspecified atom stereocenters. The van der Waals surface area contributed by atoms with Crippen molar-refractivity contribution in [1.29, 1.82) is 0 Å². The second-order valence-corrected chi connectivity index (χ2v) is 6.11. The Labute approximate surface area is 85.7 Å². The maximum absolute atomic E-state index is 11.3. The molecule has 1 N–H and O–H groups in total. The van der Waals surface area contributed by atoms with Gasteiger partial charge in [-0.15, -0.1) is 0 Å². The second-order valence-electron chi connectivity index (χ2n) is 4.19. The van der Waals surface area contributed by atoms with Crippen molar-refractivity contribution in [2.75, 3.05) is 25.4 Å². The molecule has 2 aliphatic rings. The van der Waals surface area contributed by atoms with Crippen LogP contribution in [-0.2, 0) is 10.0 Å². The van der Waals surface area contributed by atoms with E-state index in [1.54, 1.807) is 0 Å². The zero-order valence-electron chi connectivity index (χ0n) is 8.41. The van der Waals surface area contributed by atoms with E-state index in [9.17, 15) is 8.42 Å². The molecule has 1 saturated heterocycles. The van der Waals surface area contributed by atoms with Crippen molar-refractivity contribution in [2.24, 2.45) is 0 Å². The summed E-state index contributed by atoms with van der Waals surface area (Å²) < 4.78 is 25.2. The summed E-state index contributed by atoms with van der Waals surface area (Å²) in [7, 11) is -2.97. The molecule has 0 aromatic heterocycles. The van der Waals surface area contributed by atoms with Crippen LogP contribution in [0.1, 0.15) is 25.7 Å². The van der Waals surface area contributed by atoms with E-state index in [-0.39, 0.29) is 5.75 Å². The maximum atomic E-state index is 11.3. The fourth-order valence-corrected chi connectivity index (χ4v) is 3.42. The molecule has 1 heterocycles. The van der Waals surface area contributed by atoms with Crippen LogP contribution in [-0.4, -0.2) is 44.7 Å². The fourth-order valence-electron chi connectivity index (χ4n) is 2.40. The molecule has 0 bridgehead atoms. The number of nitrogens with one attached hydrogen (secondary N) is 1. The third kappa shape index (κ3) is 2.46. The lowest BCUT2D eigenvalue weighted by Crippen LogP contribution is -2.36. The quantitative estimate of drug-likeness (QED) is 0.682. The lowest BCUT2D eigenvalue weighted by atomic mass is 10.2. The van der Waals surface area contributed by atoms with Gasteiger partial charge in [0, 0.05) is 25.7 Å². The minimum atomic E-state index is -2.97. The number of rotatable bonds is 1. The number of hydrogen-bond donors (Lipinski definition) is 1. The topological polar surface area (TPSA) is 49.4 Å². The summed E-state index contributed by atoms with van der Waals surface area (Å²) in [5.74, 6) is 0.267. The first-order valence-electron chi connectivity index (χ1n) is 5.39. The average Bonchev–Trinajstić information content (AvgIpc) is 2.58. The minimum Gasteiger partial charge on any atom is -0.298 e. The van der Waals surface area contributed by atoms with Crippen LogP contribution in [0, 0.1) is 0 Å². The molecular formula is C9H18N2O2S. The van der Waals surface area contributed by atoms with Crippen molar-refractivity contribution in [2.45, 2.75) is 31.7 Å². The van der Waals surface area contributed by atoms with Gasteiger partial charge in [-0.05, 0) is 12.8 Å². The average molecular weight is 218 g/mol. The molecule has 4 nitrogen and oxygen atoms in total. The summed E-state index contributed by atoms with van der Waals surface area (Å²) in [6.07, 6.45) is 5.11. The van der Waals surface area contributed by atoms with Crippen molar-refractivity contribution < 1.29 is 8.42 Å². The molecule has 0 aromatic rings. The van der Waals surface area contributed by atoms with Gasteiger partial charge in [0.2, 0.25) is 10.0 Å². The smallest absolute Gasteiger partial charge is 0.212 e. The zero-order valence-corrected chi connectivity index (χ0v) is 9.22. The summed E-state index contributed by atoms with van der Waals surface area (Å²) >= 11 is 0. The Hall–Kier alpha value is -0.130. The minimum absolute atomic E-state index is 0.267. The predicted molar refractivity (Wildman–Crippen MR) is 55.6 cm³/mol. The van der Waals surface area contributed by atoms with Crippen molar-refractivity contribution in [3.05, 3.63) is 0 Å². The lowest BCUT2D eigenvalue weighted by Gasteiger charge is -2.25. The van der Waals surface area contributed by atoms with Crippen molar-refractivity contribution >= 4 is 10.0 Å². The van der Waals surface area contributed by atoms with Crippen LogP contribution in [0.25, 0.3) is 0 Å². The van der Waals surface area contributed by atoms with Gasteiger partial charge in [0.25, 0.3) is 0 Å². The standard InChI is InChI=1S/C9H18N2O2S/c12-14(13)8-7-11(6-5-10-14)9-3-1-2-4-9/h9-10H,1-8H2. The summed E-state index contributed by atoms with van der Waals surface area (Å²) in [5.41, 5.74) is 0. The highest BCUT2D eigenvalue weighted by atomic mass is 32.2. The van der Waals surface area contributed by atoms with E-state index in [1.807, 2.05) is 0 Å². The predicted octanol–water partition coefficient (Wildman–Crippen LogP) is 0.164. The molecule has 5 heteroatoms. The number of nitrogens with zero attached hydrogens (tertiary/aromatic N) is 1. The van der Waals surface area contributed by atoms with Gasteiger partial charge in [0.15, 0.2) is 0 Å². The summed E-state index contributed by atoms with van der Waals surface area (Å²) in [6, 6.07) is 0.644. The van der Waals surface area contributed by atoms with E-state index in [4.69, 9.17) is 0 Å². The van der Waals surface area contributed by atoms with Gasteiger partial charge in [0.05, 0.1) is 5.75 Å². The first-order valence-corrected chi connectivity index (χ1v) is 7.04. The fraction of sp³-hybridized carbons (Fsp3) is 1.00. The lowest BCUT2D eigenvalue weighted by molar-refractivity contribution is 0.218. The van der Waals surface area contributed by atoms with Crippen LogP contribution < -0.4 is 4.72 Å². The molecule has 1 aliphatic heterocycles. The molecule has 1 saturated carbocycles. The van der Waals surface area contributed by atoms with Crippen LogP contribution >= 0.6 is 0 Å². The maximum Gasteiger partial charge on any atom is 0.212 e. The van der Waals surface area contributed by atoms with E-state index in [2.05, 4.69) is 9.62 Å². The molecule has 2 fully saturated rings. The largest absolute Gasteiger partial charge is 0.298 e. The van der Waals surface area contributed by atoms with Gasteiger partial charge in [0.1, 0.15) is 0 Å². The van der Waals surface area contributed by atoms with Crippen LogP contribution in [0.4, 0.5) is 0 Å². The number of sulfonamides is 1. The number of hydrogen-bond acceptors (Lipinski definition) is 3. The first-order chi connectivity index (χ1) is 6.67. The molecule has 0 atom stereocenters. The van der Waals surface area contributed by atoms with E-state index in [0.717, 1.165) is 6.54 Å². The van der Waals surface area contributed by atoms with E-state index >= 15 is 0 Å². The van der Waals surface area contributed by atoms with Crippen LogP contribution in [0.3, 0.4) is 0 Å². The Morgan fingerprint density at radius 2 is 1.86 bits per heavy atom. The van der Waals surface area contributed by atoms with Gasteiger partial charge >= 0.3 is 0 Å². The summed E-state index contributed by atoms with van der Waals surface area (Å²) in [5, 5.41) is 0. The molecule has 82 valence electrons. The highest BCUT2D eigenvalue weighted by molar-refractivity contribution is 7.89.